The zero-order valence-electron chi connectivity index (χ0n) is 14.1. The summed E-state index contributed by atoms with van der Waals surface area (Å²) < 4.78 is 8.16. The zero-order valence-corrected chi connectivity index (χ0v) is 14.1. The van der Waals surface area contributed by atoms with Crippen LogP contribution in [-0.2, 0) is 0 Å². The number of pyridine rings is 1. The number of para-hydroxylation sites is 1. The van der Waals surface area contributed by atoms with Crippen molar-refractivity contribution in [2.45, 2.75) is 25.4 Å². The Balaban J connectivity index is 1.65. The molecule has 0 amide bonds. The first-order valence-electron chi connectivity index (χ1n) is 8.42. The van der Waals surface area contributed by atoms with Crippen LogP contribution in [0.15, 0.2) is 66.9 Å². The third kappa shape index (κ3) is 2.89. The van der Waals surface area contributed by atoms with Crippen molar-refractivity contribution in [2.24, 2.45) is 0 Å². The number of rotatable bonds is 4. The van der Waals surface area contributed by atoms with Crippen LogP contribution in [0.25, 0.3) is 11.2 Å². The van der Waals surface area contributed by atoms with Crippen molar-refractivity contribution in [2.75, 3.05) is 5.73 Å². The monoisotopic (exact) mass is 332 g/mol. The second-order valence-corrected chi connectivity index (χ2v) is 6.27. The lowest BCUT2D eigenvalue weighted by atomic mass is 9.85. The van der Waals surface area contributed by atoms with E-state index >= 15 is 0 Å². The number of hydrogen-bond donors (Lipinski definition) is 1. The highest BCUT2D eigenvalue weighted by Crippen LogP contribution is 2.36. The number of nitrogens with two attached hydrogens (primary N) is 1. The van der Waals surface area contributed by atoms with Crippen LogP contribution in [0, 0.1) is 0 Å². The molecule has 3 aromatic rings. The van der Waals surface area contributed by atoms with E-state index in [0.717, 1.165) is 29.8 Å². The van der Waals surface area contributed by atoms with Crippen LogP contribution in [0.3, 0.4) is 0 Å². The molecule has 2 aromatic heterocycles. The molecule has 0 saturated heterocycles. The Bertz CT molecular complexity index is 958. The number of aromatic nitrogens is 3. The average Bonchev–Trinajstić information content (AvgIpc) is 3.03. The van der Waals surface area contributed by atoms with Crippen molar-refractivity contribution < 1.29 is 4.74 Å². The first-order chi connectivity index (χ1) is 12.2. The Kier molecular flexibility index (Phi) is 3.76. The van der Waals surface area contributed by atoms with Crippen LogP contribution in [0.5, 0.6) is 5.75 Å². The van der Waals surface area contributed by atoms with Crippen LogP contribution in [0.4, 0.5) is 5.95 Å². The van der Waals surface area contributed by atoms with Gasteiger partial charge in [0.15, 0.2) is 5.65 Å². The summed E-state index contributed by atoms with van der Waals surface area (Å²) in [6.45, 7) is 2.15. The molecule has 1 aliphatic rings. The predicted octanol–water partition coefficient (Wildman–Crippen LogP) is 3.88. The van der Waals surface area contributed by atoms with E-state index in [1.807, 2.05) is 42.6 Å². The van der Waals surface area contributed by atoms with E-state index in [-0.39, 0.29) is 5.60 Å². The Morgan fingerprint density at radius 3 is 2.80 bits per heavy atom. The second-order valence-electron chi connectivity index (χ2n) is 6.27. The molecule has 1 aromatic carbocycles. The molecule has 5 nitrogen and oxygen atoms in total. The molecular formula is C20H20N4O. The number of ether oxygens (including phenoxy) is 1. The maximum absolute atomic E-state index is 6.36. The minimum absolute atomic E-state index is 0.348. The highest BCUT2D eigenvalue weighted by Gasteiger charge is 2.31. The number of benzene rings is 1. The molecule has 0 radical (unpaired) electrons. The lowest BCUT2D eigenvalue weighted by Gasteiger charge is -2.33. The topological polar surface area (TPSA) is 65.4 Å². The van der Waals surface area contributed by atoms with Gasteiger partial charge in [0.1, 0.15) is 11.4 Å². The van der Waals surface area contributed by atoms with Gasteiger partial charge in [0.05, 0.1) is 0 Å². The van der Waals surface area contributed by atoms with Gasteiger partial charge in [-0.1, -0.05) is 37.3 Å². The number of nitrogen functional groups attached to an aromatic ring is 1. The molecular weight excluding hydrogens is 312 g/mol. The summed E-state index contributed by atoms with van der Waals surface area (Å²) in [5.41, 5.74) is 8.58. The molecule has 2 heterocycles. The molecule has 1 unspecified atom stereocenters. The fourth-order valence-electron chi connectivity index (χ4n) is 3.18. The maximum atomic E-state index is 6.36. The van der Waals surface area contributed by atoms with Gasteiger partial charge in [-0.2, -0.15) is 0 Å². The van der Waals surface area contributed by atoms with Gasteiger partial charge in [-0.3, -0.25) is 4.40 Å². The summed E-state index contributed by atoms with van der Waals surface area (Å²) in [5.74, 6) is 1.28. The minimum Gasteiger partial charge on any atom is -0.483 e. The number of anilines is 1. The molecule has 4 rings (SSSR count). The standard InChI is InChI=1S/C20H20N4O/c1-2-20(25-17-8-4-3-5-9-17)12-6-7-15(13-20)16-10-11-18-22-23-19(21)24(18)14-16/h3-12,14H,2,13H2,1H3,(H2,21,23). The van der Waals surface area contributed by atoms with Crippen molar-refractivity contribution in [1.29, 1.82) is 0 Å². The van der Waals surface area contributed by atoms with Gasteiger partial charge < -0.3 is 10.5 Å². The quantitative estimate of drug-likeness (QED) is 0.787. The molecule has 25 heavy (non-hydrogen) atoms. The number of nitrogens with zero attached hydrogens (tertiary/aromatic N) is 3. The smallest absolute Gasteiger partial charge is 0.226 e. The Morgan fingerprint density at radius 1 is 1.16 bits per heavy atom. The number of allylic oxidation sites excluding steroid dienone is 2. The van der Waals surface area contributed by atoms with Crippen molar-refractivity contribution in [3.63, 3.8) is 0 Å². The highest BCUT2D eigenvalue weighted by molar-refractivity contribution is 5.70. The van der Waals surface area contributed by atoms with E-state index in [4.69, 9.17) is 10.5 Å². The molecule has 2 N–H and O–H groups in total. The first-order valence-corrected chi connectivity index (χ1v) is 8.42. The van der Waals surface area contributed by atoms with Crippen molar-refractivity contribution >= 4 is 17.2 Å². The van der Waals surface area contributed by atoms with Crippen LogP contribution < -0.4 is 10.5 Å². The van der Waals surface area contributed by atoms with Gasteiger partial charge >= 0.3 is 0 Å². The highest BCUT2D eigenvalue weighted by atomic mass is 16.5. The van der Waals surface area contributed by atoms with E-state index < -0.39 is 0 Å². The maximum Gasteiger partial charge on any atom is 0.226 e. The largest absolute Gasteiger partial charge is 0.483 e. The normalized spacial score (nSPS) is 19.8. The summed E-state index contributed by atoms with van der Waals surface area (Å²) in [6.07, 6.45) is 10.0. The number of fused-ring (bicyclic) bond motifs is 1. The van der Waals surface area contributed by atoms with Crippen molar-refractivity contribution in [3.8, 4) is 5.75 Å². The first kappa shape index (κ1) is 15.4. The molecule has 5 heteroatoms. The number of hydrogen-bond acceptors (Lipinski definition) is 4. The summed E-state index contributed by atoms with van der Waals surface area (Å²) in [5, 5.41) is 7.95. The molecule has 0 spiro atoms. The van der Waals surface area contributed by atoms with Crippen LogP contribution >= 0.6 is 0 Å². The van der Waals surface area contributed by atoms with E-state index in [1.165, 1.54) is 5.57 Å². The molecule has 1 aliphatic carbocycles. The third-order valence-electron chi connectivity index (χ3n) is 4.65. The average molecular weight is 332 g/mol. The van der Waals surface area contributed by atoms with Crippen molar-refractivity contribution in [3.05, 3.63) is 72.5 Å². The Hall–Kier alpha value is -3.08. The van der Waals surface area contributed by atoms with E-state index in [2.05, 4.69) is 41.4 Å². The fourth-order valence-corrected chi connectivity index (χ4v) is 3.18. The summed E-state index contributed by atoms with van der Waals surface area (Å²) in [4.78, 5) is 0. The zero-order chi connectivity index (χ0) is 17.3. The van der Waals surface area contributed by atoms with Gasteiger partial charge in [0, 0.05) is 12.6 Å². The van der Waals surface area contributed by atoms with Gasteiger partial charge in [0.25, 0.3) is 0 Å². The summed E-state index contributed by atoms with van der Waals surface area (Å²) in [6, 6.07) is 13.9. The Labute approximate surface area is 146 Å². The van der Waals surface area contributed by atoms with Crippen LogP contribution in [-0.4, -0.2) is 20.2 Å². The summed E-state index contributed by atoms with van der Waals surface area (Å²) in [7, 11) is 0. The predicted molar refractivity (Wildman–Crippen MR) is 99.2 cm³/mol. The molecule has 0 fully saturated rings. The van der Waals surface area contributed by atoms with E-state index in [1.54, 1.807) is 4.40 Å². The molecule has 1 atom stereocenters. The lowest BCUT2D eigenvalue weighted by molar-refractivity contribution is 0.120. The minimum atomic E-state index is -0.348. The van der Waals surface area contributed by atoms with E-state index in [9.17, 15) is 0 Å². The molecule has 0 bridgehead atoms. The van der Waals surface area contributed by atoms with Crippen LogP contribution in [0.1, 0.15) is 25.3 Å². The SMILES string of the molecule is CCC1(Oc2ccccc2)C=CC=C(c2ccc3nnc(N)n3c2)C1. The lowest BCUT2D eigenvalue weighted by Crippen LogP contribution is -2.34. The van der Waals surface area contributed by atoms with Crippen molar-refractivity contribution in [1.82, 2.24) is 14.6 Å². The van der Waals surface area contributed by atoms with E-state index in [0.29, 0.717) is 5.95 Å². The Morgan fingerprint density at radius 2 is 2.00 bits per heavy atom. The van der Waals surface area contributed by atoms with Gasteiger partial charge in [0.2, 0.25) is 5.95 Å². The van der Waals surface area contributed by atoms with Gasteiger partial charge in [-0.25, -0.2) is 0 Å². The second kappa shape index (κ2) is 6.09. The van der Waals surface area contributed by atoms with Gasteiger partial charge in [-0.05, 0) is 47.9 Å². The molecule has 126 valence electrons. The van der Waals surface area contributed by atoms with Gasteiger partial charge in [-0.15, -0.1) is 10.2 Å². The summed E-state index contributed by atoms with van der Waals surface area (Å²) >= 11 is 0. The third-order valence-corrected chi connectivity index (χ3v) is 4.65. The fraction of sp³-hybridized carbons (Fsp3) is 0.200. The molecule has 0 saturated carbocycles. The molecule has 0 aliphatic heterocycles. The van der Waals surface area contributed by atoms with Crippen LogP contribution in [0.2, 0.25) is 0 Å².